The van der Waals surface area contributed by atoms with Crippen LogP contribution in [0.4, 0.5) is 0 Å². The van der Waals surface area contributed by atoms with E-state index in [1.165, 1.54) is 6.26 Å². The molecule has 1 fully saturated rings. The number of rotatable bonds is 5. The van der Waals surface area contributed by atoms with Crippen LogP contribution in [0.15, 0.2) is 35.2 Å². The molecule has 0 aliphatic heterocycles. The molecule has 122 valence electrons. The number of aromatic nitrogens is 2. The third-order valence-electron chi connectivity index (χ3n) is 4.35. The van der Waals surface area contributed by atoms with Crippen LogP contribution in [0.2, 0.25) is 0 Å². The molecule has 0 spiro atoms. The van der Waals surface area contributed by atoms with Crippen molar-refractivity contribution in [3.05, 3.63) is 36.5 Å². The molecule has 1 amide bonds. The molecule has 2 aromatic heterocycles. The molecule has 0 saturated heterocycles. The van der Waals surface area contributed by atoms with Crippen molar-refractivity contribution >= 4 is 5.91 Å². The highest BCUT2D eigenvalue weighted by Gasteiger charge is 2.22. The highest BCUT2D eigenvalue weighted by molar-refractivity contribution is 5.92. The molecule has 0 aromatic carbocycles. The Bertz CT molecular complexity index is 642. The van der Waals surface area contributed by atoms with Crippen molar-refractivity contribution < 1.29 is 14.3 Å². The van der Waals surface area contributed by atoms with Gasteiger partial charge in [-0.3, -0.25) is 9.78 Å². The molecular weight excluding hydrogens is 294 g/mol. The summed E-state index contributed by atoms with van der Waals surface area (Å²) in [5.41, 5.74) is 1.02. The number of carbonyl (C=O) groups is 1. The molecule has 3 rings (SSSR count). The lowest BCUT2D eigenvalue weighted by Crippen LogP contribution is -2.32. The average Bonchev–Trinajstić information content (AvgIpc) is 3.11. The standard InChI is InChI=1S/C17H21N3O3/c21-10-13-4-1-3-12(7-13)8-19-16(22)15-11-23-17(20-15)14-5-2-6-18-9-14/h2,5-6,9,11-13,21H,1,3-4,7-8,10H2,(H,19,22)/t12-,13+/m0/s1. The highest BCUT2D eigenvalue weighted by Crippen LogP contribution is 2.28. The number of nitrogens with zero attached hydrogens (tertiary/aromatic N) is 2. The Labute approximate surface area is 135 Å². The van der Waals surface area contributed by atoms with Gasteiger partial charge in [-0.15, -0.1) is 0 Å². The maximum absolute atomic E-state index is 12.2. The summed E-state index contributed by atoms with van der Waals surface area (Å²) < 4.78 is 5.35. The smallest absolute Gasteiger partial charge is 0.273 e. The Morgan fingerprint density at radius 1 is 1.39 bits per heavy atom. The summed E-state index contributed by atoms with van der Waals surface area (Å²) in [4.78, 5) is 20.4. The molecule has 2 N–H and O–H groups in total. The number of aliphatic hydroxyl groups is 1. The summed E-state index contributed by atoms with van der Waals surface area (Å²) in [6, 6.07) is 3.62. The van der Waals surface area contributed by atoms with Crippen molar-refractivity contribution in [1.29, 1.82) is 0 Å². The van der Waals surface area contributed by atoms with Crippen molar-refractivity contribution in [1.82, 2.24) is 15.3 Å². The highest BCUT2D eigenvalue weighted by atomic mass is 16.3. The number of nitrogens with one attached hydrogen (secondary N) is 1. The zero-order valence-electron chi connectivity index (χ0n) is 12.9. The first-order valence-corrected chi connectivity index (χ1v) is 8.01. The molecule has 23 heavy (non-hydrogen) atoms. The molecule has 2 aromatic rings. The number of oxazole rings is 1. The Morgan fingerprint density at radius 2 is 2.26 bits per heavy atom. The third kappa shape index (κ3) is 3.96. The van der Waals surface area contributed by atoms with E-state index < -0.39 is 0 Å². The Hall–Kier alpha value is -2.21. The first kappa shape index (κ1) is 15.7. The molecule has 2 heterocycles. The second kappa shape index (κ2) is 7.37. The van der Waals surface area contributed by atoms with Crippen molar-refractivity contribution in [3.8, 4) is 11.5 Å². The van der Waals surface area contributed by atoms with E-state index in [1.54, 1.807) is 18.5 Å². The van der Waals surface area contributed by atoms with Crippen LogP contribution in [0.1, 0.15) is 36.2 Å². The minimum atomic E-state index is -0.227. The van der Waals surface area contributed by atoms with E-state index in [0.717, 1.165) is 31.2 Å². The second-order valence-corrected chi connectivity index (χ2v) is 6.07. The summed E-state index contributed by atoms with van der Waals surface area (Å²) in [5, 5.41) is 12.2. The molecule has 6 heteroatoms. The van der Waals surface area contributed by atoms with Gasteiger partial charge in [0, 0.05) is 25.5 Å². The van der Waals surface area contributed by atoms with Gasteiger partial charge in [0.2, 0.25) is 5.89 Å². The van der Waals surface area contributed by atoms with Crippen LogP contribution in [0, 0.1) is 11.8 Å². The maximum Gasteiger partial charge on any atom is 0.273 e. The van der Waals surface area contributed by atoms with E-state index in [4.69, 9.17) is 4.42 Å². The molecule has 0 unspecified atom stereocenters. The summed E-state index contributed by atoms with van der Waals surface area (Å²) in [7, 11) is 0. The van der Waals surface area contributed by atoms with Gasteiger partial charge in [0.25, 0.3) is 5.91 Å². The van der Waals surface area contributed by atoms with Gasteiger partial charge in [0.05, 0.1) is 5.56 Å². The molecule has 1 aliphatic carbocycles. The van der Waals surface area contributed by atoms with Gasteiger partial charge < -0.3 is 14.8 Å². The lowest BCUT2D eigenvalue weighted by Gasteiger charge is -2.27. The average molecular weight is 315 g/mol. The molecule has 6 nitrogen and oxygen atoms in total. The topological polar surface area (TPSA) is 88.2 Å². The predicted octanol–water partition coefficient (Wildman–Crippen LogP) is 2.27. The van der Waals surface area contributed by atoms with E-state index in [9.17, 15) is 9.90 Å². The monoisotopic (exact) mass is 315 g/mol. The largest absolute Gasteiger partial charge is 0.444 e. The molecule has 0 radical (unpaired) electrons. The fourth-order valence-electron chi connectivity index (χ4n) is 3.08. The first-order chi connectivity index (χ1) is 11.3. The zero-order chi connectivity index (χ0) is 16.1. The molecular formula is C17H21N3O3. The number of amides is 1. The fraction of sp³-hybridized carbons (Fsp3) is 0.471. The van der Waals surface area contributed by atoms with Crippen LogP contribution in [0.25, 0.3) is 11.5 Å². The quantitative estimate of drug-likeness (QED) is 0.883. The molecule has 2 atom stereocenters. The number of hydrogen-bond acceptors (Lipinski definition) is 5. The number of carbonyl (C=O) groups excluding carboxylic acids is 1. The summed E-state index contributed by atoms with van der Waals surface area (Å²) in [6.07, 6.45) is 8.94. The number of aliphatic hydroxyl groups excluding tert-OH is 1. The van der Waals surface area contributed by atoms with E-state index in [1.807, 2.05) is 6.07 Å². The van der Waals surface area contributed by atoms with Gasteiger partial charge in [0.1, 0.15) is 6.26 Å². The summed E-state index contributed by atoms with van der Waals surface area (Å²) in [5.74, 6) is 0.959. The summed E-state index contributed by atoms with van der Waals surface area (Å²) in [6.45, 7) is 0.854. The molecule has 0 bridgehead atoms. The normalized spacial score (nSPS) is 21.1. The predicted molar refractivity (Wildman–Crippen MR) is 84.6 cm³/mol. The van der Waals surface area contributed by atoms with E-state index in [2.05, 4.69) is 15.3 Å². The van der Waals surface area contributed by atoms with Crippen LogP contribution in [-0.2, 0) is 0 Å². The lowest BCUT2D eigenvalue weighted by molar-refractivity contribution is 0.0929. The Morgan fingerprint density at radius 3 is 3.04 bits per heavy atom. The number of pyridine rings is 1. The van der Waals surface area contributed by atoms with Crippen LogP contribution in [0.3, 0.4) is 0 Å². The van der Waals surface area contributed by atoms with Crippen LogP contribution in [0.5, 0.6) is 0 Å². The minimum absolute atomic E-state index is 0.227. The Balaban J connectivity index is 1.56. The van der Waals surface area contributed by atoms with E-state index >= 15 is 0 Å². The van der Waals surface area contributed by atoms with Gasteiger partial charge in [-0.1, -0.05) is 6.42 Å². The summed E-state index contributed by atoms with van der Waals surface area (Å²) >= 11 is 0. The lowest BCUT2D eigenvalue weighted by atomic mass is 9.82. The van der Waals surface area contributed by atoms with Crippen molar-refractivity contribution in [2.45, 2.75) is 25.7 Å². The van der Waals surface area contributed by atoms with Gasteiger partial charge in [0.15, 0.2) is 5.69 Å². The van der Waals surface area contributed by atoms with Crippen molar-refractivity contribution in [2.75, 3.05) is 13.2 Å². The zero-order valence-corrected chi connectivity index (χ0v) is 12.9. The maximum atomic E-state index is 12.2. The second-order valence-electron chi connectivity index (χ2n) is 6.07. The van der Waals surface area contributed by atoms with Gasteiger partial charge >= 0.3 is 0 Å². The van der Waals surface area contributed by atoms with Crippen LogP contribution < -0.4 is 5.32 Å². The van der Waals surface area contributed by atoms with Crippen molar-refractivity contribution in [2.24, 2.45) is 11.8 Å². The number of hydrogen-bond donors (Lipinski definition) is 2. The molecule has 1 saturated carbocycles. The van der Waals surface area contributed by atoms with E-state index in [-0.39, 0.29) is 18.2 Å². The van der Waals surface area contributed by atoms with Crippen LogP contribution >= 0.6 is 0 Å². The van der Waals surface area contributed by atoms with Gasteiger partial charge in [-0.2, -0.15) is 0 Å². The Kier molecular flexibility index (Phi) is 5.02. The van der Waals surface area contributed by atoms with Crippen LogP contribution in [-0.4, -0.2) is 34.1 Å². The van der Waals surface area contributed by atoms with Gasteiger partial charge in [-0.05, 0) is 43.2 Å². The SMILES string of the molecule is O=C(NC[C@H]1CCC[C@@H](CO)C1)c1coc(-c2cccnc2)n1. The minimum Gasteiger partial charge on any atom is -0.444 e. The fourth-order valence-corrected chi connectivity index (χ4v) is 3.08. The van der Waals surface area contributed by atoms with E-state index in [0.29, 0.717) is 24.3 Å². The third-order valence-corrected chi connectivity index (χ3v) is 4.35. The molecule has 1 aliphatic rings. The first-order valence-electron chi connectivity index (χ1n) is 8.01. The van der Waals surface area contributed by atoms with Crippen molar-refractivity contribution in [3.63, 3.8) is 0 Å². The van der Waals surface area contributed by atoms with Gasteiger partial charge in [-0.25, -0.2) is 4.98 Å².